The van der Waals surface area contributed by atoms with E-state index in [1.807, 2.05) is 26.0 Å². The number of halogens is 1. The van der Waals surface area contributed by atoms with Crippen LogP contribution in [0.2, 0.25) is 0 Å². The summed E-state index contributed by atoms with van der Waals surface area (Å²) in [5.41, 5.74) is 6.57. The third kappa shape index (κ3) is 4.29. The predicted octanol–water partition coefficient (Wildman–Crippen LogP) is 6.02. The van der Waals surface area contributed by atoms with Crippen molar-refractivity contribution < 1.29 is 14.3 Å². The summed E-state index contributed by atoms with van der Waals surface area (Å²) in [5, 5.41) is 22.0. The lowest BCUT2D eigenvalue weighted by Crippen LogP contribution is -2.11. The molecule has 0 saturated carbocycles. The maximum Gasteiger partial charge on any atom is 0.337 e. The van der Waals surface area contributed by atoms with Crippen LogP contribution in [0.1, 0.15) is 34.5 Å². The third-order valence-electron chi connectivity index (χ3n) is 6.22. The summed E-state index contributed by atoms with van der Waals surface area (Å²) in [4.78, 5) is 16.7. The topological polar surface area (TPSA) is 92.9 Å². The van der Waals surface area contributed by atoms with Crippen LogP contribution in [0, 0.1) is 12.7 Å². The van der Waals surface area contributed by atoms with E-state index in [9.17, 15) is 14.3 Å². The summed E-state index contributed by atoms with van der Waals surface area (Å²) in [6.07, 6.45) is 1.66. The van der Waals surface area contributed by atoms with E-state index in [-0.39, 0.29) is 17.4 Å². The number of hydrogen-bond acceptors (Lipinski definition) is 5. The Morgan fingerprint density at radius 2 is 1.83 bits per heavy atom. The number of carbonyl (C=O) groups is 1. The molecule has 0 fully saturated rings. The molecule has 7 nitrogen and oxygen atoms in total. The third-order valence-corrected chi connectivity index (χ3v) is 6.22. The number of nitrogens with one attached hydrogen (secondary N) is 1. The summed E-state index contributed by atoms with van der Waals surface area (Å²) in [6, 6.07) is 19.1. The van der Waals surface area contributed by atoms with Crippen molar-refractivity contribution in [3.05, 3.63) is 95.4 Å². The fourth-order valence-electron chi connectivity index (χ4n) is 4.46. The van der Waals surface area contributed by atoms with Crippen molar-refractivity contribution in [2.75, 3.05) is 5.32 Å². The first-order chi connectivity index (χ1) is 17.3. The molecule has 8 heteroatoms. The highest BCUT2D eigenvalue weighted by atomic mass is 19.1. The van der Waals surface area contributed by atoms with Crippen molar-refractivity contribution in [1.82, 2.24) is 20.0 Å². The van der Waals surface area contributed by atoms with E-state index in [1.54, 1.807) is 54.3 Å². The van der Waals surface area contributed by atoms with Gasteiger partial charge in [0.1, 0.15) is 11.5 Å². The van der Waals surface area contributed by atoms with E-state index in [0.717, 1.165) is 38.9 Å². The van der Waals surface area contributed by atoms with Crippen molar-refractivity contribution in [3.8, 4) is 22.5 Å². The molecule has 0 aliphatic rings. The highest BCUT2D eigenvalue weighted by Gasteiger charge is 2.19. The molecule has 0 saturated heterocycles. The fourth-order valence-corrected chi connectivity index (χ4v) is 4.46. The van der Waals surface area contributed by atoms with Crippen molar-refractivity contribution in [2.45, 2.75) is 19.9 Å². The van der Waals surface area contributed by atoms with Crippen LogP contribution < -0.4 is 5.32 Å². The van der Waals surface area contributed by atoms with Crippen molar-refractivity contribution in [3.63, 3.8) is 0 Å². The lowest BCUT2D eigenvalue weighted by atomic mass is 9.94. The molecule has 5 aromatic rings. The van der Waals surface area contributed by atoms with Crippen LogP contribution >= 0.6 is 0 Å². The van der Waals surface area contributed by atoms with Crippen LogP contribution in [-0.2, 0) is 7.05 Å². The Bertz CT molecular complexity index is 1590. The number of aromatic nitrogens is 4. The van der Waals surface area contributed by atoms with Gasteiger partial charge in [0, 0.05) is 29.7 Å². The van der Waals surface area contributed by atoms with E-state index in [1.165, 1.54) is 12.1 Å². The molecule has 0 radical (unpaired) electrons. The maximum absolute atomic E-state index is 13.7. The summed E-state index contributed by atoms with van der Waals surface area (Å²) in [6.45, 7) is 3.99. The lowest BCUT2D eigenvalue weighted by Gasteiger charge is -2.21. The first-order valence-corrected chi connectivity index (χ1v) is 11.5. The van der Waals surface area contributed by atoms with Crippen LogP contribution in [0.25, 0.3) is 33.4 Å². The molecule has 1 unspecified atom stereocenters. The number of carboxylic acid groups (broad SMARTS) is 1. The molecule has 0 bridgehead atoms. The molecular formula is C28H24FN5O2. The molecule has 0 amide bonds. The smallest absolute Gasteiger partial charge is 0.337 e. The minimum Gasteiger partial charge on any atom is -0.478 e. The normalized spacial score (nSPS) is 12.0. The Balaban J connectivity index is 1.70. The minimum atomic E-state index is -0.992. The van der Waals surface area contributed by atoms with Gasteiger partial charge in [0.15, 0.2) is 0 Å². The largest absolute Gasteiger partial charge is 0.478 e. The number of benzene rings is 3. The van der Waals surface area contributed by atoms with E-state index < -0.39 is 5.97 Å². The molecule has 0 spiro atoms. The van der Waals surface area contributed by atoms with Gasteiger partial charge in [-0.05, 0) is 66.9 Å². The second-order valence-electron chi connectivity index (χ2n) is 8.77. The Labute approximate surface area is 207 Å². The summed E-state index contributed by atoms with van der Waals surface area (Å²) in [5.74, 6) is -1.31. The molecule has 2 N–H and O–H groups in total. The number of fused-ring (bicyclic) bond motifs is 1. The van der Waals surface area contributed by atoms with Crippen molar-refractivity contribution in [2.24, 2.45) is 7.05 Å². The van der Waals surface area contributed by atoms with Crippen LogP contribution in [0.3, 0.4) is 0 Å². The summed E-state index contributed by atoms with van der Waals surface area (Å²) >= 11 is 0. The van der Waals surface area contributed by atoms with Gasteiger partial charge in [-0.2, -0.15) is 0 Å². The molecular weight excluding hydrogens is 457 g/mol. The van der Waals surface area contributed by atoms with Crippen LogP contribution in [0.5, 0.6) is 0 Å². The predicted molar refractivity (Wildman–Crippen MR) is 137 cm³/mol. The van der Waals surface area contributed by atoms with Gasteiger partial charge in [-0.3, -0.25) is 0 Å². The van der Waals surface area contributed by atoms with Gasteiger partial charge in [0.25, 0.3) is 0 Å². The number of anilines is 1. The molecule has 1 atom stereocenters. The zero-order valence-electron chi connectivity index (χ0n) is 20.0. The average Bonchev–Trinajstić information content (AvgIpc) is 3.29. The van der Waals surface area contributed by atoms with E-state index in [4.69, 9.17) is 4.98 Å². The zero-order chi connectivity index (χ0) is 25.4. The number of para-hydroxylation sites is 1. The molecule has 5 rings (SSSR count). The minimum absolute atomic E-state index is 0.206. The van der Waals surface area contributed by atoms with Crippen LogP contribution in [0.15, 0.2) is 72.9 Å². The highest BCUT2D eigenvalue weighted by molar-refractivity contribution is 5.95. The molecule has 0 aliphatic carbocycles. The molecule has 2 aromatic heterocycles. The van der Waals surface area contributed by atoms with E-state index in [0.29, 0.717) is 11.4 Å². The lowest BCUT2D eigenvalue weighted by molar-refractivity contribution is 0.0698. The number of hydrogen-bond donors (Lipinski definition) is 2. The fraction of sp³-hybridized carbons (Fsp3) is 0.143. The highest BCUT2D eigenvalue weighted by Crippen LogP contribution is 2.36. The number of carboxylic acids is 1. The summed E-state index contributed by atoms with van der Waals surface area (Å²) < 4.78 is 15.4. The van der Waals surface area contributed by atoms with Gasteiger partial charge in [-0.15, -0.1) is 5.10 Å². The van der Waals surface area contributed by atoms with Gasteiger partial charge in [0.2, 0.25) is 0 Å². The first kappa shape index (κ1) is 23.2. The number of pyridine rings is 1. The van der Waals surface area contributed by atoms with Gasteiger partial charge < -0.3 is 10.4 Å². The van der Waals surface area contributed by atoms with Crippen LogP contribution in [0.4, 0.5) is 10.1 Å². The Morgan fingerprint density at radius 1 is 1.08 bits per heavy atom. The molecule has 0 aliphatic heterocycles. The molecule has 180 valence electrons. The van der Waals surface area contributed by atoms with Gasteiger partial charge >= 0.3 is 5.97 Å². The van der Waals surface area contributed by atoms with Gasteiger partial charge in [-0.1, -0.05) is 35.5 Å². The van der Waals surface area contributed by atoms with Crippen LogP contribution in [-0.4, -0.2) is 31.1 Å². The molecule has 2 heterocycles. The first-order valence-electron chi connectivity index (χ1n) is 11.5. The second kappa shape index (κ2) is 9.22. The summed E-state index contributed by atoms with van der Waals surface area (Å²) in [7, 11) is 1.80. The second-order valence-corrected chi connectivity index (χ2v) is 8.77. The van der Waals surface area contributed by atoms with E-state index in [2.05, 4.69) is 21.7 Å². The quantitative estimate of drug-likeness (QED) is 0.308. The zero-order valence-corrected chi connectivity index (χ0v) is 20.0. The monoisotopic (exact) mass is 481 g/mol. The standard InChI is InChI=1S/C28H24FN5O2/c1-16-12-21(17(2)31-24-7-5-4-6-20(24)28(35)36)23-14-22(18-8-10-19(29)11-9-18)27(32-25(23)13-16)26-15-30-33-34(26)3/h4-15,17,31H,1-3H3,(H,35,36). The molecule has 36 heavy (non-hydrogen) atoms. The van der Waals surface area contributed by atoms with E-state index >= 15 is 0 Å². The number of nitrogens with zero attached hydrogens (tertiary/aromatic N) is 4. The van der Waals surface area contributed by atoms with Gasteiger partial charge in [0.05, 0.1) is 23.0 Å². The van der Waals surface area contributed by atoms with Crippen molar-refractivity contribution in [1.29, 1.82) is 0 Å². The number of aromatic carboxylic acids is 1. The SMILES string of the molecule is Cc1cc(C(C)Nc2ccccc2C(=O)O)c2cc(-c3ccc(F)cc3)c(-c3cnnn3C)nc2c1. The Hall–Kier alpha value is -4.59. The van der Waals surface area contributed by atoms with Gasteiger partial charge in [-0.25, -0.2) is 18.9 Å². The molecule has 3 aromatic carbocycles. The maximum atomic E-state index is 13.7. The van der Waals surface area contributed by atoms with Crippen molar-refractivity contribution >= 4 is 22.6 Å². The number of rotatable bonds is 6. The Morgan fingerprint density at radius 3 is 2.53 bits per heavy atom. The number of aryl methyl sites for hydroxylation is 2. The Kier molecular flexibility index (Phi) is 5.93. The average molecular weight is 482 g/mol.